The lowest BCUT2D eigenvalue weighted by atomic mass is 10.00. The Morgan fingerprint density at radius 2 is 1.94 bits per heavy atom. The Balaban J connectivity index is 2.13. The van der Waals surface area contributed by atoms with Gasteiger partial charge in [-0.2, -0.15) is 5.26 Å². The van der Waals surface area contributed by atoms with Crippen LogP contribution >= 0.6 is 0 Å². The zero-order valence-electron chi connectivity index (χ0n) is 11.4. The maximum absolute atomic E-state index is 8.93. The van der Waals surface area contributed by atoms with Crippen molar-refractivity contribution >= 4 is 5.69 Å². The van der Waals surface area contributed by atoms with E-state index in [-0.39, 0.29) is 0 Å². The fourth-order valence-electron chi connectivity index (χ4n) is 2.65. The Morgan fingerprint density at radius 3 is 2.50 bits per heavy atom. The summed E-state index contributed by atoms with van der Waals surface area (Å²) in [5.41, 5.74) is 6.35. The molecule has 18 heavy (non-hydrogen) atoms. The first-order valence-electron chi connectivity index (χ1n) is 6.67. The molecule has 3 heteroatoms. The molecule has 1 saturated heterocycles. The SMILES string of the molecule is Cc1cc(NN2C(C)CCCC2C)ccc1C#N. The summed E-state index contributed by atoms with van der Waals surface area (Å²) >= 11 is 0. The predicted octanol–water partition coefficient (Wildman–Crippen LogP) is 3.46. The van der Waals surface area contributed by atoms with Crippen LogP contribution < -0.4 is 5.43 Å². The number of nitrogens with one attached hydrogen (secondary N) is 1. The minimum Gasteiger partial charge on any atom is -0.318 e. The number of piperidine rings is 1. The Hall–Kier alpha value is -1.53. The number of hydrogen-bond donors (Lipinski definition) is 1. The molecule has 1 fully saturated rings. The van der Waals surface area contributed by atoms with Crippen molar-refractivity contribution in [2.24, 2.45) is 0 Å². The van der Waals surface area contributed by atoms with Crippen molar-refractivity contribution in [2.45, 2.75) is 52.1 Å². The minimum absolute atomic E-state index is 0.560. The largest absolute Gasteiger partial charge is 0.318 e. The van der Waals surface area contributed by atoms with Crippen LogP contribution in [0.15, 0.2) is 18.2 Å². The molecule has 3 nitrogen and oxygen atoms in total. The molecule has 1 aliphatic rings. The summed E-state index contributed by atoms with van der Waals surface area (Å²) < 4.78 is 0. The lowest BCUT2D eigenvalue weighted by Gasteiger charge is -2.39. The van der Waals surface area contributed by atoms with Crippen molar-refractivity contribution in [1.29, 1.82) is 5.26 Å². The third-order valence-corrected chi connectivity index (χ3v) is 3.80. The standard InChI is InChI=1S/C15H21N3/c1-11-9-15(8-7-14(11)10-16)17-18-12(2)5-4-6-13(18)3/h7-9,12-13,17H,4-6H2,1-3H3. The first-order valence-corrected chi connectivity index (χ1v) is 6.67. The van der Waals surface area contributed by atoms with Gasteiger partial charge in [0.15, 0.2) is 0 Å². The second-order valence-electron chi connectivity index (χ2n) is 5.29. The van der Waals surface area contributed by atoms with Crippen LogP contribution in [0.2, 0.25) is 0 Å². The molecule has 2 atom stereocenters. The molecule has 1 aromatic carbocycles. The Morgan fingerprint density at radius 1 is 1.28 bits per heavy atom. The average Bonchev–Trinajstić information content (AvgIpc) is 2.34. The van der Waals surface area contributed by atoms with E-state index in [2.05, 4.69) is 30.4 Å². The van der Waals surface area contributed by atoms with Gasteiger partial charge in [-0.25, -0.2) is 5.01 Å². The average molecular weight is 243 g/mol. The molecule has 0 bridgehead atoms. The molecule has 2 unspecified atom stereocenters. The fourth-order valence-corrected chi connectivity index (χ4v) is 2.65. The molecule has 1 heterocycles. The molecule has 96 valence electrons. The van der Waals surface area contributed by atoms with Crippen molar-refractivity contribution in [3.8, 4) is 6.07 Å². The van der Waals surface area contributed by atoms with Gasteiger partial charge in [0.05, 0.1) is 11.6 Å². The predicted molar refractivity (Wildman–Crippen MR) is 74.1 cm³/mol. The molecule has 0 aliphatic carbocycles. The molecule has 0 saturated carbocycles. The summed E-state index contributed by atoms with van der Waals surface area (Å²) in [6.07, 6.45) is 3.80. The van der Waals surface area contributed by atoms with Gasteiger partial charge in [0.25, 0.3) is 0 Å². The summed E-state index contributed by atoms with van der Waals surface area (Å²) in [5.74, 6) is 0. The number of anilines is 1. The Kier molecular flexibility index (Phi) is 3.88. The first-order chi connectivity index (χ1) is 8.61. The van der Waals surface area contributed by atoms with Crippen LogP contribution in [0.5, 0.6) is 0 Å². The highest BCUT2D eigenvalue weighted by molar-refractivity contribution is 5.51. The monoisotopic (exact) mass is 243 g/mol. The van der Waals surface area contributed by atoms with Crippen LogP contribution in [-0.2, 0) is 0 Å². The number of nitriles is 1. The van der Waals surface area contributed by atoms with Gasteiger partial charge in [0, 0.05) is 17.8 Å². The number of aryl methyl sites for hydroxylation is 1. The molecule has 0 spiro atoms. The third kappa shape index (κ3) is 2.65. The summed E-state index contributed by atoms with van der Waals surface area (Å²) in [5, 5.41) is 11.3. The summed E-state index contributed by atoms with van der Waals surface area (Å²) in [4.78, 5) is 0. The highest BCUT2D eigenvalue weighted by Crippen LogP contribution is 2.24. The Labute approximate surface area is 109 Å². The van der Waals surface area contributed by atoms with Gasteiger partial charge in [-0.3, -0.25) is 0 Å². The second kappa shape index (κ2) is 5.41. The maximum atomic E-state index is 8.93. The molecule has 1 N–H and O–H groups in total. The van der Waals surface area contributed by atoms with E-state index < -0.39 is 0 Å². The summed E-state index contributed by atoms with van der Waals surface area (Å²) in [6, 6.07) is 9.24. The number of hydrazine groups is 1. The molecular weight excluding hydrogens is 222 g/mol. The zero-order chi connectivity index (χ0) is 13.1. The van der Waals surface area contributed by atoms with Crippen LogP contribution in [0.1, 0.15) is 44.2 Å². The van der Waals surface area contributed by atoms with Crippen LogP contribution in [0.3, 0.4) is 0 Å². The first kappa shape index (κ1) is 12.9. The normalized spacial score (nSPS) is 24.6. The number of rotatable bonds is 2. The zero-order valence-corrected chi connectivity index (χ0v) is 11.4. The quantitative estimate of drug-likeness (QED) is 0.864. The van der Waals surface area contributed by atoms with Gasteiger partial charge in [0.1, 0.15) is 0 Å². The van der Waals surface area contributed by atoms with E-state index >= 15 is 0 Å². The van der Waals surface area contributed by atoms with Gasteiger partial charge in [-0.05, 0) is 57.4 Å². The van der Waals surface area contributed by atoms with Gasteiger partial charge in [-0.1, -0.05) is 6.42 Å². The summed E-state index contributed by atoms with van der Waals surface area (Å²) in [7, 11) is 0. The van der Waals surface area contributed by atoms with Crippen LogP contribution in [-0.4, -0.2) is 17.1 Å². The molecule has 1 aromatic rings. The van der Waals surface area contributed by atoms with Crippen molar-refractivity contribution < 1.29 is 0 Å². The molecule has 1 aliphatic heterocycles. The molecular formula is C15H21N3. The van der Waals surface area contributed by atoms with Crippen molar-refractivity contribution in [3.63, 3.8) is 0 Å². The highest BCUT2D eigenvalue weighted by atomic mass is 15.5. The maximum Gasteiger partial charge on any atom is 0.0994 e. The van der Waals surface area contributed by atoms with E-state index in [0.717, 1.165) is 16.8 Å². The Bertz CT molecular complexity index is 451. The van der Waals surface area contributed by atoms with Gasteiger partial charge in [0.2, 0.25) is 0 Å². The van der Waals surface area contributed by atoms with Gasteiger partial charge < -0.3 is 5.43 Å². The summed E-state index contributed by atoms with van der Waals surface area (Å²) in [6.45, 7) is 6.51. The highest BCUT2D eigenvalue weighted by Gasteiger charge is 2.24. The van der Waals surface area contributed by atoms with E-state index in [9.17, 15) is 0 Å². The van der Waals surface area contributed by atoms with Gasteiger partial charge >= 0.3 is 0 Å². The fraction of sp³-hybridized carbons (Fsp3) is 0.533. The number of nitrogens with zero attached hydrogens (tertiary/aromatic N) is 2. The van der Waals surface area contributed by atoms with Crippen LogP contribution in [0.4, 0.5) is 5.69 Å². The topological polar surface area (TPSA) is 39.1 Å². The minimum atomic E-state index is 0.560. The van der Waals surface area contributed by atoms with Crippen LogP contribution in [0, 0.1) is 18.3 Å². The van der Waals surface area contributed by atoms with Crippen molar-refractivity contribution in [1.82, 2.24) is 5.01 Å². The van der Waals surface area contributed by atoms with Gasteiger partial charge in [-0.15, -0.1) is 0 Å². The van der Waals surface area contributed by atoms with Crippen molar-refractivity contribution in [2.75, 3.05) is 5.43 Å². The van der Waals surface area contributed by atoms with E-state index in [1.54, 1.807) is 0 Å². The molecule has 2 rings (SSSR count). The third-order valence-electron chi connectivity index (χ3n) is 3.80. The van der Waals surface area contributed by atoms with E-state index in [1.165, 1.54) is 19.3 Å². The molecule has 0 radical (unpaired) electrons. The van der Waals surface area contributed by atoms with Crippen LogP contribution in [0.25, 0.3) is 0 Å². The van der Waals surface area contributed by atoms with E-state index in [0.29, 0.717) is 12.1 Å². The van der Waals surface area contributed by atoms with Crippen molar-refractivity contribution in [3.05, 3.63) is 29.3 Å². The molecule has 0 aromatic heterocycles. The number of benzene rings is 1. The molecule has 0 amide bonds. The number of hydrogen-bond acceptors (Lipinski definition) is 3. The van der Waals surface area contributed by atoms with E-state index in [1.807, 2.05) is 25.1 Å². The van der Waals surface area contributed by atoms with E-state index in [4.69, 9.17) is 5.26 Å². The smallest absolute Gasteiger partial charge is 0.0994 e. The lowest BCUT2D eigenvalue weighted by molar-refractivity contribution is 0.136. The second-order valence-corrected chi connectivity index (χ2v) is 5.29. The lowest BCUT2D eigenvalue weighted by Crippen LogP contribution is -2.47.